The predicted molar refractivity (Wildman–Crippen MR) is 101 cm³/mol. The predicted octanol–water partition coefficient (Wildman–Crippen LogP) is 2.42. The number of nitrogens with zero attached hydrogens (tertiary/aromatic N) is 4. The first-order chi connectivity index (χ1) is 12.4. The first-order valence-corrected chi connectivity index (χ1v) is 9.17. The maximum atomic E-state index is 11.4. The first-order valence-electron chi connectivity index (χ1n) is 8.35. The summed E-state index contributed by atoms with van der Waals surface area (Å²) in [6.45, 7) is 6.07. The molecule has 26 heavy (non-hydrogen) atoms. The highest BCUT2D eigenvalue weighted by Crippen LogP contribution is 2.33. The molecule has 1 aromatic heterocycles. The summed E-state index contributed by atoms with van der Waals surface area (Å²) in [5, 5.41) is 14.3. The molecule has 0 bridgehead atoms. The van der Waals surface area contributed by atoms with Crippen molar-refractivity contribution >= 4 is 28.1 Å². The molecule has 8 nitrogen and oxygen atoms in total. The smallest absolute Gasteiger partial charge is 0.270 e. The molecule has 0 spiro atoms. The number of rotatable bonds is 5. The summed E-state index contributed by atoms with van der Waals surface area (Å²) in [6.07, 6.45) is 0. The van der Waals surface area contributed by atoms with E-state index in [1.54, 1.807) is 6.07 Å². The molecule has 2 heterocycles. The van der Waals surface area contributed by atoms with Crippen molar-refractivity contribution in [2.75, 3.05) is 38.5 Å². The van der Waals surface area contributed by atoms with Crippen LogP contribution in [0.1, 0.15) is 11.8 Å². The largest absolute Gasteiger partial charge is 0.304 e. The standard InChI is InChI=1S/C17H21N5O3S/c1-12(23)18-17-19-16(13-4-3-5-14(10-13)22(24)25)15(26-17)11-21-8-6-20(2)7-9-21/h3-5,10H,6-9,11H2,1-2H3,(H,18,19,23). The quantitative estimate of drug-likeness (QED) is 0.637. The SMILES string of the molecule is CC(=O)Nc1nc(-c2cccc([N+](=O)[O-])c2)c(CN2CCN(C)CC2)s1. The van der Waals surface area contributed by atoms with Gasteiger partial charge >= 0.3 is 0 Å². The van der Waals surface area contributed by atoms with Crippen LogP contribution in [0.2, 0.25) is 0 Å². The third-order valence-electron chi connectivity index (χ3n) is 4.27. The van der Waals surface area contributed by atoms with Crippen molar-refractivity contribution in [1.29, 1.82) is 0 Å². The number of carbonyl (C=O) groups excluding carboxylic acids is 1. The van der Waals surface area contributed by atoms with Crippen molar-refractivity contribution in [2.45, 2.75) is 13.5 Å². The van der Waals surface area contributed by atoms with Crippen LogP contribution < -0.4 is 5.32 Å². The molecule has 1 N–H and O–H groups in total. The molecule has 0 aliphatic carbocycles. The highest BCUT2D eigenvalue weighted by molar-refractivity contribution is 7.16. The van der Waals surface area contributed by atoms with Crippen LogP contribution in [0.3, 0.4) is 0 Å². The Balaban J connectivity index is 1.91. The average molecular weight is 375 g/mol. The second-order valence-corrected chi connectivity index (χ2v) is 7.44. The fourth-order valence-corrected chi connectivity index (χ4v) is 3.94. The fourth-order valence-electron chi connectivity index (χ4n) is 2.86. The molecule has 1 aromatic carbocycles. The van der Waals surface area contributed by atoms with Gasteiger partial charge in [-0.1, -0.05) is 23.5 Å². The van der Waals surface area contributed by atoms with Gasteiger partial charge in [0.15, 0.2) is 5.13 Å². The normalized spacial score (nSPS) is 15.8. The molecule has 138 valence electrons. The van der Waals surface area contributed by atoms with Gasteiger partial charge in [-0.3, -0.25) is 19.8 Å². The minimum absolute atomic E-state index is 0.0297. The average Bonchev–Trinajstić information content (AvgIpc) is 2.98. The third-order valence-corrected chi connectivity index (χ3v) is 5.23. The molecule has 1 saturated heterocycles. The molecule has 1 amide bonds. The van der Waals surface area contributed by atoms with Gasteiger partial charge in [0, 0.05) is 62.2 Å². The van der Waals surface area contributed by atoms with E-state index in [1.807, 2.05) is 6.07 Å². The van der Waals surface area contributed by atoms with Gasteiger partial charge in [0.1, 0.15) is 0 Å². The van der Waals surface area contributed by atoms with Gasteiger partial charge in [-0.05, 0) is 7.05 Å². The van der Waals surface area contributed by atoms with Crippen LogP contribution in [0.15, 0.2) is 24.3 Å². The van der Waals surface area contributed by atoms with Gasteiger partial charge in [-0.2, -0.15) is 0 Å². The molecular formula is C17H21N5O3S. The second-order valence-electron chi connectivity index (χ2n) is 6.36. The lowest BCUT2D eigenvalue weighted by atomic mass is 10.1. The van der Waals surface area contributed by atoms with E-state index in [-0.39, 0.29) is 11.6 Å². The molecular weight excluding hydrogens is 354 g/mol. The Morgan fingerprint density at radius 1 is 1.35 bits per heavy atom. The Labute approximate surface area is 155 Å². The molecule has 1 aliphatic rings. The zero-order valence-electron chi connectivity index (χ0n) is 14.8. The number of likely N-dealkylation sites (N-methyl/N-ethyl adjacent to an activating group) is 1. The summed E-state index contributed by atoms with van der Waals surface area (Å²) in [7, 11) is 2.10. The number of hydrogen-bond donors (Lipinski definition) is 1. The van der Waals surface area contributed by atoms with Crippen LogP contribution in [-0.2, 0) is 11.3 Å². The topological polar surface area (TPSA) is 91.6 Å². The molecule has 1 fully saturated rings. The van der Waals surface area contributed by atoms with E-state index in [0.717, 1.165) is 31.1 Å². The summed E-state index contributed by atoms with van der Waals surface area (Å²) in [5.41, 5.74) is 1.42. The molecule has 3 rings (SSSR count). The van der Waals surface area contributed by atoms with Crippen LogP contribution in [0.4, 0.5) is 10.8 Å². The van der Waals surface area contributed by atoms with Crippen molar-refractivity contribution in [3.8, 4) is 11.3 Å². The number of aromatic nitrogens is 1. The Kier molecular flexibility index (Phi) is 5.60. The Morgan fingerprint density at radius 2 is 2.08 bits per heavy atom. The Bertz CT molecular complexity index is 814. The minimum Gasteiger partial charge on any atom is -0.304 e. The number of non-ortho nitro benzene ring substituents is 1. The van der Waals surface area contributed by atoms with Gasteiger partial charge in [0.25, 0.3) is 5.69 Å². The van der Waals surface area contributed by atoms with Crippen LogP contribution in [-0.4, -0.2) is 58.8 Å². The number of thiazole rings is 1. The van der Waals surface area contributed by atoms with Crippen LogP contribution in [0.5, 0.6) is 0 Å². The van der Waals surface area contributed by atoms with Crippen molar-refractivity contribution in [3.05, 3.63) is 39.3 Å². The number of nitrogens with one attached hydrogen (secondary N) is 1. The number of nitro benzene ring substituents is 1. The molecule has 1 aliphatic heterocycles. The van der Waals surface area contributed by atoms with Crippen LogP contribution in [0.25, 0.3) is 11.3 Å². The van der Waals surface area contributed by atoms with E-state index in [0.29, 0.717) is 22.9 Å². The van der Waals surface area contributed by atoms with E-state index in [1.165, 1.54) is 30.4 Å². The van der Waals surface area contributed by atoms with Crippen molar-refractivity contribution in [2.24, 2.45) is 0 Å². The minimum atomic E-state index is -0.412. The molecule has 0 atom stereocenters. The van der Waals surface area contributed by atoms with E-state index in [9.17, 15) is 14.9 Å². The Hall–Kier alpha value is -2.36. The maximum Gasteiger partial charge on any atom is 0.270 e. The highest BCUT2D eigenvalue weighted by atomic mass is 32.1. The van der Waals surface area contributed by atoms with Crippen molar-refractivity contribution in [3.63, 3.8) is 0 Å². The number of nitro groups is 1. The number of amides is 1. The fraction of sp³-hybridized carbons (Fsp3) is 0.412. The molecule has 2 aromatic rings. The Morgan fingerprint density at radius 3 is 2.73 bits per heavy atom. The van der Waals surface area contributed by atoms with E-state index in [4.69, 9.17) is 0 Å². The number of carbonyl (C=O) groups is 1. The second kappa shape index (κ2) is 7.90. The van der Waals surface area contributed by atoms with Crippen molar-refractivity contribution < 1.29 is 9.72 Å². The van der Waals surface area contributed by atoms with Gasteiger partial charge in [0.2, 0.25) is 5.91 Å². The monoisotopic (exact) mass is 375 g/mol. The summed E-state index contributed by atoms with van der Waals surface area (Å²) in [5.74, 6) is -0.185. The summed E-state index contributed by atoms with van der Waals surface area (Å²) < 4.78 is 0. The lowest BCUT2D eigenvalue weighted by Crippen LogP contribution is -2.43. The molecule has 0 saturated carbocycles. The first kappa shape index (κ1) is 18.4. The summed E-state index contributed by atoms with van der Waals surface area (Å²) in [4.78, 5) is 32.2. The van der Waals surface area contributed by atoms with Crippen LogP contribution >= 0.6 is 11.3 Å². The van der Waals surface area contributed by atoms with E-state index < -0.39 is 4.92 Å². The third kappa shape index (κ3) is 4.43. The maximum absolute atomic E-state index is 11.4. The highest BCUT2D eigenvalue weighted by Gasteiger charge is 2.20. The lowest BCUT2D eigenvalue weighted by Gasteiger charge is -2.32. The van der Waals surface area contributed by atoms with Gasteiger partial charge < -0.3 is 10.2 Å². The van der Waals surface area contributed by atoms with Gasteiger partial charge in [0.05, 0.1) is 10.6 Å². The zero-order valence-corrected chi connectivity index (χ0v) is 15.6. The van der Waals surface area contributed by atoms with E-state index >= 15 is 0 Å². The van der Waals surface area contributed by atoms with Gasteiger partial charge in [-0.15, -0.1) is 0 Å². The lowest BCUT2D eigenvalue weighted by molar-refractivity contribution is -0.384. The number of piperazine rings is 1. The zero-order chi connectivity index (χ0) is 18.7. The number of hydrogen-bond acceptors (Lipinski definition) is 7. The summed E-state index contributed by atoms with van der Waals surface area (Å²) in [6, 6.07) is 6.46. The number of anilines is 1. The number of benzene rings is 1. The molecule has 0 radical (unpaired) electrons. The molecule has 9 heteroatoms. The van der Waals surface area contributed by atoms with Crippen LogP contribution in [0, 0.1) is 10.1 Å². The van der Waals surface area contributed by atoms with E-state index in [2.05, 4.69) is 27.1 Å². The van der Waals surface area contributed by atoms with Crippen molar-refractivity contribution in [1.82, 2.24) is 14.8 Å². The van der Waals surface area contributed by atoms with Gasteiger partial charge in [-0.25, -0.2) is 4.98 Å². The molecule has 0 unspecified atom stereocenters. The summed E-state index contributed by atoms with van der Waals surface area (Å²) >= 11 is 1.42.